The number of amides is 1. The minimum absolute atomic E-state index is 0.278. The van der Waals surface area contributed by atoms with Gasteiger partial charge in [-0.15, -0.1) is 0 Å². The molecule has 3 rings (SSSR count). The summed E-state index contributed by atoms with van der Waals surface area (Å²) in [5.74, 6) is -0.278. The number of hydrogen-bond acceptors (Lipinski definition) is 4. The highest BCUT2D eigenvalue weighted by atomic mass is 16.1. The molecule has 6 heteroatoms. The molecule has 0 atom stereocenters. The maximum absolute atomic E-state index is 12.1. The minimum atomic E-state index is -0.278. The van der Waals surface area contributed by atoms with E-state index in [1.54, 1.807) is 12.5 Å². The summed E-state index contributed by atoms with van der Waals surface area (Å²) >= 11 is 0. The van der Waals surface area contributed by atoms with E-state index in [-0.39, 0.29) is 5.91 Å². The van der Waals surface area contributed by atoms with Crippen LogP contribution in [0.4, 0.5) is 5.69 Å². The Hall–Kier alpha value is -3.02. The van der Waals surface area contributed by atoms with E-state index in [9.17, 15) is 4.79 Å². The van der Waals surface area contributed by atoms with Crippen molar-refractivity contribution >= 4 is 11.6 Å². The van der Waals surface area contributed by atoms with Crippen LogP contribution in [0.3, 0.4) is 0 Å². The lowest BCUT2D eigenvalue weighted by molar-refractivity contribution is 0.102. The summed E-state index contributed by atoms with van der Waals surface area (Å²) in [4.78, 5) is 24.5. The normalized spacial score (nSPS) is 10.6. The zero-order valence-electron chi connectivity index (χ0n) is 13.2. The van der Waals surface area contributed by atoms with E-state index in [1.807, 2.05) is 49.6 Å². The summed E-state index contributed by atoms with van der Waals surface area (Å²) in [6, 6.07) is 7.57. The van der Waals surface area contributed by atoms with Crippen molar-refractivity contribution in [2.75, 3.05) is 5.32 Å². The van der Waals surface area contributed by atoms with Crippen molar-refractivity contribution in [1.82, 2.24) is 19.5 Å². The van der Waals surface area contributed by atoms with E-state index < -0.39 is 0 Å². The van der Waals surface area contributed by atoms with Crippen molar-refractivity contribution in [3.05, 3.63) is 65.8 Å². The number of nitrogens with zero attached hydrogens (tertiary/aromatic N) is 4. The van der Waals surface area contributed by atoms with Gasteiger partial charge in [-0.2, -0.15) is 0 Å². The number of nitrogens with one attached hydrogen (secondary N) is 1. The Morgan fingerprint density at radius 1 is 1.00 bits per heavy atom. The van der Waals surface area contributed by atoms with Gasteiger partial charge in [0.1, 0.15) is 5.69 Å². The molecule has 0 fully saturated rings. The number of rotatable bonds is 3. The van der Waals surface area contributed by atoms with Crippen LogP contribution in [0.15, 0.2) is 43.0 Å². The first kappa shape index (κ1) is 14.9. The standard InChI is InChI=1S/C17H17N5O/c1-11-8-19-16(9-18-11)17(23)21-14-4-6-15(7-5-14)22-10-20-12(2)13(22)3/h4-10H,1-3H3,(H,21,23). The number of carbonyl (C=O) groups is 1. The quantitative estimate of drug-likeness (QED) is 0.807. The number of aryl methyl sites for hydroxylation is 2. The molecule has 116 valence electrons. The number of aromatic nitrogens is 4. The summed E-state index contributed by atoms with van der Waals surface area (Å²) in [6.45, 7) is 5.82. The second kappa shape index (κ2) is 6.00. The molecule has 0 saturated carbocycles. The number of benzene rings is 1. The molecule has 1 aromatic carbocycles. The molecule has 6 nitrogen and oxygen atoms in total. The Bertz CT molecular complexity index is 834. The van der Waals surface area contributed by atoms with E-state index >= 15 is 0 Å². The Morgan fingerprint density at radius 2 is 1.74 bits per heavy atom. The van der Waals surface area contributed by atoms with E-state index in [2.05, 4.69) is 20.3 Å². The highest BCUT2D eigenvalue weighted by Gasteiger charge is 2.09. The van der Waals surface area contributed by atoms with Gasteiger partial charge in [-0.3, -0.25) is 9.78 Å². The van der Waals surface area contributed by atoms with Crippen LogP contribution < -0.4 is 5.32 Å². The topological polar surface area (TPSA) is 72.7 Å². The minimum Gasteiger partial charge on any atom is -0.321 e. The molecule has 0 aliphatic rings. The molecule has 0 radical (unpaired) electrons. The highest BCUT2D eigenvalue weighted by Crippen LogP contribution is 2.17. The van der Waals surface area contributed by atoms with Crippen molar-refractivity contribution in [3.8, 4) is 5.69 Å². The van der Waals surface area contributed by atoms with Gasteiger partial charge in [0.25, 0.3) is 5.91 Å². The first-order chi connectivity index (χ1) is 11.0. The maximum Gasteiger partial charge on any atom is 0.275 e. The molecular weight excluding hydrogens is 290 g/mol. The van der Waals surface area contributed by atoms with Crippen LogP contribution in [-0.4, -0.2) is 25.4 Å². The molecule has 23 heavy (non-hydrogen) atoms. The molecule has 0 bridgehead atoms. The van der Waals surface area contributed by atoms with Crippen molar-refractivity contribution in [3.63, 3.8) is 0 Å². The molecule has 0 saturated heterocycles. The Labute approximate surface area is 134 Å². The third-order valence-corrected chi connectivity index (χ3v) is 3.67. The monoisotopic (exact) mass is 307 g/mol. The van der Waals surface area contributed by atoms with Crippen molar-refractivity contribution in [1.29, 1.82) is 0 Å². The van der Waals surface area contributed by atoms with E-state index in [4.69, 9.17) is 0 Å². The second-order valence-corrected chi connectivity index (χ2v) is 5.33. The molecule has 2 heterocycles. The van der Waals surface area contributed by atoms with Gasteiger partial charge in [0.15, 0.2) is 0 Å². The molecule has 0 aliphatic heterocycles. The number of anilines is 1. The van der Waals surface area contributed by atoms with Crippen molar-refractivity contribution < 1.29 is 4.79 Å². The number of imidazole rings is 1. The van der Waals surface area contributed by atoms with Crippen molar-refractivity contribution in [2.24, 2.45) is 0 Å². The Morgan fingerprint density at radius 3 is 2.30 bits per heavy atom. The van der Waals surface area contributed by atoms with Crippen molar-refractivity contribution in [2.45, 2.75) is 20.8 Å². The molecule has 0 aliphatic carbocycles. The van der Waals surface area contributed by atoms with Gasteiger partial charge in [0.05, 0.1) is 23.9 Å². The lowest BCUT2D eigenvalue weighted by Crippen LogP contribution is -2.14. The van der Waals surface area contributed by atoms with Crippen LogP contribution in [0, 0.1) is 20.8 Å². The summed E-state index contributed by atoms with van der Waals surface area (Å²) in [5.41, 5.74) is 4.86. The molecule has 2 aromatic heterocycles. The highest BCUT2D eigenvalue weighted by molar-refractivity contribution is 6.02. The van der Waals surface area contributed by atoms with Crippen LogP contribution >= 0.6 is 0 Å². The van der Waals surface area contributed by atoms with Gasteiger partial charge in [-0.05, 0) is 45.0 Å². The SMILES string of the molecule is Cc1cnc(C(=O)Nc2ccc(-n3cnc(C)c3C)cc2)cn1. The summed E-state index contributed by atoms with van der Waals surface area (Å²) in [6.07, 6.45) is 4.83. The molecule has 1 N–H and O–H groups in total. The first-order valence-electron chi connectivity index (χ1n) is 7.25. The maximum atomic E-state index is 12.1. The molecule has 1 amide bonds. The van der Waals surface area contributed by atoms with Crippen LogP contribution in [0.2, 0.25) is 0 Å². The Kier molecular flexibility index (Phi) is 3.89. The lowest BCUT2D eigenvalue weighted by Gasteiger charge is -2.08. The fourth-order valence-electron chi connectivity index (χ4n) is 2.17. The first-order valence-corrected chi connectivity index (χ1v) is 7.25. The van der Waals surface area contributed by atoms with E-state index in [1.165, 1.54) is 6.20 Å². The summed E-state index contributed by atoms with van der Waals surface area (Å²) in [7, 11) is 0. The fraction of sp³-hybridized carbons (Fsp3) is 0.176. The van der Waals surface area contributed by atoms with Gasteiger partial charge in [-0.25, -0.2) is 9.97 Å². The smallest absolute Gasteiger partial charge is 0.275 e. The molecule has 0 unspecified atom stereocenters. The molecular formula is C17H17N5O. The molecule has 3 aromatic rings. The third kappa shape index (κ3) is 3.11. The van der Waals surface area contributed by atoms with Gasteiger partial charge in [0, 0.05) is 23.3 Å². The summed E-state index contributed by atoms with van der Waals surface area (Å²) < 4.78 is 2.01. The van der Waals surface area contributed by atoms with E-state index in [0.29, 0.717) is 11.4 Å². The van der Waals surface area contributed by atoms with E-state index in [0.717, 1.165) is 22.8 Å². The lowest BCUT2D eigenvalue weighted by atomic mass is 10.2. The van der Waals surface area contributed by atoms with Gasteiger partial charge >= 0.3 is 0 Å². The zero-order chi connectivity index (χ0) is 16.4. The zero-order valence-corrected chi connectivity index (χ0v) is 13.2. The van der Waals surface area contributed by atoms with Gasteiger partial charge in [0.2, 0.25) is 0 Å². The summed E-state index contributed by atoms with van der Waals surface area (Å²) in [5, 5.41) is 2.81. The van der Waals surface area contributed by atoms with Crippen LogP contribution in [0.25, 0.3) is 5.69 Å². The molecule has 0 spiro atoms. The van der Waals surface area contributed by atoms with Crippen LogP contribution in [0.5, 0.6) is 0 Å². The van der Waals surface area contributed by atoms with Gasteiger partial charge < -0.3 is 9.88 Å². The van der Waals surface area contributed by atoms with Gasteiger partial charge in [-0.1, -0.05) is 0 Å². The second-order valence-electron chi connectivity index (χ2n) is 5.33. The number of hydrogen-bond donors (Lipinski definition) is 1. The fourth-order valence-corrected chi connectivity index (χ4v) is 2.17. The average Bonchev–Trinajstić information content (AvgIpc) is 2.88. The average molecular weight is 307 g/mol. The Balaban J connectivity index is 1.76. The van der Waals surface area contributed by atoms with Crippen LogP contribution in [0.1, 0.15) is 27.6 Å². The largest absolute Gasteiger partial charge is 0.321 e. The third-order valence-electron chi connectivity index (χ3n) is 3.67. The van der Waals surface area contributed by atoms with Crippen LogP contribution in [-0.2, 0) is 0 Å². The predicted molar refractivity (Wildman–Crippen MR) is 87.8 cm³/mol. The predicted octanol–water partition coefficient (Wildman–Crippen LogP) is 2.84. The number of carbonyl (C=O) groups excluding carboxylic acids is 1.